The van der Waals surface area contributed by atoms with Gasteiger partial charge in [-0.2, -0.15) is 8.42 Å². The van der Waals surface area contributed by atoms with Crippen LogP contribution in [0, 0.1) is 6.92 Å². The molecule has 0 aliphatic carbocycles. The van der Waals surface area contributed by atoms with Crippen molar-refractivity contribution in [3.63, 3.8) is 0 Å². The molecular weight excluding hydrogens is 194 g/mol. The summed E-state index contributed by atoms with van der Waals surface area (Å²) < 4.78 is 30.3. The molecule has 13 heavy (non-hydrogen) atoms. The first kappa shape index (κ1) is 9.82. The molecule has 0 atom stereocenters. The lowest BCUT2D eigenvalue weighted by Gasteiger charge is -2.07. The van der Waals surface area contributed by atoms with Gasteiger partial charge in [-0.05, 0) is 18.6 Å². The second-order valence-electron chi connectivity index (χ2n) is 2.62. The van der Waals surface area contributed by atoms with Crippen LogP contribution >= 0.6 is 0 Å². The van der Waals surface area contributed by atoms with E-state index in [1.807, 2.05) is 0 Å². The molecule has 1 aromatic rings. The number of anilines is 1. The molecule has 5 nitrogen and oxygen atoms in total. The molecule has 0 aromatic heterocycles. The molecule has 0 heterocycles. The minimum atomic E-state index is -4.37. The van der Waals surface area contributed by atoms with E-state index in [1.165, 1.54) is 19.1 Å². The van der Waals surface area contributed by atoms with Gasteiger partial charge in [-0.3, -0.25) is 4.55 Å². The summed E-state index contributed by atoms with van der Waals surface area (Å²) in [7, 11) is -4.37. The second kappa shape index (κ2) is 2.90. The zero-order valence-electron chi connectivity index (χ0n) is 6.85. The lowest BCUT2D eigenvalue weighted by atomic mass is 10.2. The summed E-state index contributed by atoms with van der Waals surface area (Å²) in [4.78, 5) is -0.437. The third-order valence-corrected chi connectivity index (χ3v) is 2.69. The lowest BCUT2D eigenvalue weighted by Crippen LogP contribution is -2.05. The number of hydrogen-bond acceptors (Lipinski definition) is 4. The second-order valence-corrected chi connectivity index (χ2v) is 3.98. The molecule has 0 aliphatic rings. The van der Waals surface area contributed by atoms with Crippen molar-refractivity contribution in [2.45, 2.75) is 11.8 Å². The minimum absolute atomic E-state index is 0.290. The van der Waals surface area contributed by atoms with Crippen molar-refractivity contribution in [2.24, 2.45) is 0 Å². The Morgan fingerprint density at radius 1 is 1.38 bits per heavy atom. The number of aryl methyl sites for hydroxylation is 1. The molecule has 6 heteroatoms. The molecule has 0 unspecified atom stereocenters. The third-order valence-electron chi connectivity index (χ3n) is 1.63. The highest BCUT2D eigenvalue weighted by Gasteiger charge is 2.19. The van der Waals surface area contributed by atoms with Gasteiger partial charge in [0.1, 0.15) is 10.6 Å². The summed E-state index contributed by atoms with van der Waals surface area (Å²) in [6.45, 7) is 1.47. The highest BCUT2D eigenvalue weighted by molar-refractivity contribution is 7.86. The van der Waals surface area contributed by atoms with Crippen molar-refractivity contribution in [2.75, 3.05) is 5.73 Å². The Labute approximate surface area is 75.6 Å². The van der Waals surface area contributed by atoms with Gasteiger partial charge < -0.3 is 10.8 Å². The van der Waals surface area contributed by atoms with Crippen molar-refractivity contribution in [1.82, 2.24) is 0 Å². The lowest BCUT2D eigenvalue weighted by molar-refractivity contribution is 0.468. The van der Waals surface area contributed by atoms with E-state index in [-0.39, 0.29) is 17.0 Å². The SMILES string of the molecule is Cc1ccc(O)c(N)c1S(=O)(=O)O. The Hall–Kier alpha value is -1.27. The fraction of sp³-hybridized carbons (Fsp3) is 0.143. The predicted molar refractivity (Wildman–Crippen MR) is 47.1 cm³/mol. The van der Waals surface area contributed by atoms with Gasteiger partial charge in [0.2, 0.25) is 0 Å². The standard InChI is InChI=1S/C7H9NO4S/c1-4-2-3-5(9)6(8)7(4)13(10,11)12/h2-3,9H,8H2,1H3,(H,10,11,12). The Balaban J connectivity index is 3.62. The minimum Gasteiger partial charge on any atom is -0.506 e. The van der Waals surface area contributed by atoms with E-state index in [1.54, 1.807) is 0 Å². The van der Waals surface area contributed by atoms with Crippen LogP contribution in [-0.2, 0) is 10.1 Å². The maximum absolute atomic E-state index is 10.8. The Morgan fingerprint density at radius 2 is 1.92 bits per heavy atom. The van der Waals surface area contributed by atoms with E-state index in [2.05, 4.69) is 0 Å². The summed E-state index contributed by atoms with van der Waals surface area (Å²) in [6, 6.07) is 2.62. The van der Waals surface area contributed by atoms with Crippen LogP contribution in [0.1, 0.15) is 5.56 Å². The maximum atomic E-state index is 10.8. The first-order chi connectivity index (χ1) is 5.84. The third kappa shape index (κ3) is 1.73. The summed E-state index contributed by atoms with van der Waals surface area (Å²) in [6.07, 6.45) is 0. The van der Waals surface area contributed by atoms with Crippen molar-refractivity contribution in [3.8, 4) is 5.75 Å². The normalized spacial score (nSPS) is 11.5. The van der Waals surface area contributed by atoms with Crippen molar-refractivity contribution in [3.05, 3.63) is 17.7 Å². The summed E-state index contributed by atoms with van der Waals surface area (Å²) in [5.41, 5.74) is 5.24. The molecule has 0 aliphatic heterocycles. The van der Waals surface area contributed by atoms with Crippen LogP contribution in [0.15, 0.2) is 17.0 Å². The Morgan fingerprint density at radius 3 is 2.31 bits per heavy atom. The topological polar surface area (TPSA) is 101 Å². The van der Waals surface area contributed by atoms with E-state index in [9.17, 15) is 8.42 Å². The highest BCUT2D eigenvalue weighted by Crippen LogP contribution is 2.30. The number of phenols is 1. The van der Waals surface area contributed by atoms with E-state index >= 15 is 0 Å². The fourth-order valence-corrected chi connectivity index (χ4v) is 1.90. The summed E-state index contributed by atoms with van der Waals surface area (Å²) in [5.74, 6) is -0.363. The van der Waals surface area contributed by atoms with Crippen LogP contribution in [0.2, 0.25) is 0 Å². The molecule has 0 radical (unpaired) electrons. The maximum Gasteiger partial charge on any atom is 0.296 e. The van der Waals surface area contributed by atoms with E-state index in [0.717, 1.165) is 0 Å². The van der Waals surface area contributed by atoms with Gasteiger partial charge >= 0.3 is 0 Å². The molecular formula is C7H9NO4S. The number of phenolic OH excluding ortho intramolecular Hbond substituents is 1. The first-order valence-electron chi connectivity index (χ1n) is 3.39. The molecule has 0 amide bonds. The molecule has 1 aromatic carbocycles. The van der Waals surface area contributed by atoms with Crippen molar-refractivity contribution < 1.29 is 18.1 Å². The molecule has 0 spiro atoms. The highest BCUT2D eigenvalue weighted by atomic mass is 32.2. The van der Waals surface area contributed by atoms with Gasteiger partial charge in [-0.15, -0.1) is 0 Å². The number of nitrogen functional groups attached to an aromatic ring is 1. The van der Waals surface area contributed by atoms with Crippen LogP contribution in [0.4, 0.5) is 5.69 Å². The zero-order chi connectivity index (χ0) is 10.2. The molecule has 4 N–H and O–H groups in total. The number of benzene rings is 1. The molecule has 0 fully saturated rings. The molecule has 0 saturated heterocycles. The Kier molecular flexibility index (Phi) is 2.19. The van der Waals surface area contributed by atoms with Gasteiger partial charge in [-0.25, -0.2) is 0 Å². The van der Waals surface area contributed by atoms with Crippen LogP contribution < -0.4 is 5.73 Å². The number of nitrogens with two attached hydrogens (primary N) is 1. The average molecular weight is 203 g/mol. The van der Waals surface area contributed by atoms with E-state index in [0.29, 0.717) is 0 Å². The number of rotatable bonds is 1. The van der Waals surface area contributed by atoms with Crippen molar-refractivity contribution >= 4 is 15.8 Å². The number of hydrogen-bond donors (Lipinski definition) is 3. The van der Waals surface area contributed by atoms with E-state index < -0.39 is 15.0 Å². The van der Waals surface area contributed by atoms with Crippen LogP contribution in [0.3, 0.4) is 0 Å². The van der Waals surface area contributed by atoms with Gasteiger partial charge in [0.05, 0.1) is 5.69 Å². The van der Waals surface area contributed by atoms with Crippen LogP contribution in [0.5, 0.6) is 5.75 Å². The van der Waals surface area contributed by atoms with Gasteiger partial charge in [0, 0.05) is 0 Å². The van der Waals surface area contributed by atoms with E-state index in [4.69, 9.17) is 15.4 Å². The summed E-state index contributed by atoms with van der Waals surface area (Å²) >= 11 is 0. The zero-order valence-corrected chi connectivity index (χ0v) is 7.67. The smallest absolute Gasteiger partial charge is 0.296 e. The monoisotopic (exact) mass is 203 g/mol. The largest absolute Gasteiger partial charge is 0.506 e. The quantitative estimate of drug-likeness (QED) is 0.351. The van der Waals surface area contributed by atoms with Gasteiger partial charge in [0.15, 0.2) is 0 Å². The summed E-state index contributed by atoms with van der Waals surface area (Å²) in [5, 5.41) is 9.09. The van der Waals surface area contributed by atoms with Crippen LogP contribution in [0.25, 0.3) is 0 Å². The molecule has 72 valence electrons. The van der Waals surface area contributed by atoms with Gasteiger partial charge in [-0.1, -0.05) is 6.07 Å². The number of aromatic hydroxyl groups is 1. The van der Waals surface area contributed by atoms with Crippen molar-refractivity contribution in [1.29, 1.82) is 0 Å². The molecule has 0 bridgehead atoms. The predicted octanol–water partition coefficient (Wildman–Crippen LogP) is 0.530. The van der Waals surface area contributed by atoms with Crippen LogP contribution in [-0.4, -0.2) is 18.1 Å². The van der Waals surface area contributed by atoms with Gasteiger partial charge in [0.25, 0.3) is 10.1 Å². The fourth-order valence-electron chi connectivity index (χ4n) is 1.04. The molecule has 1 rings (SSSR count). The molecule has 0 saturated carbocycles. The first-order valence-corrected chi connectivity index (χ1v) is 4.83. The average Bonchev–Trinajstić information content (AvgIpc) is 1.95. The Bertz CT molecular complexity index is 438.